The van der Waals surface area contributed by atoms with E-state index < -0.39 is 0 Å². The average Bonchev–Trinajstić information content (AvgIpc) is 2.09. The van der Waals surface area contributed by atoms with Crippen LogP contribution in [0.5, 0.6) is 5.75 Å². The predicted molar refractivity (Wildman–Crippen MR) is 57.6 cm³/mol. The van der Waals surface area contributed by atoms with Crippen molar-refractivity contribution < 1.29 is 4.74 Å². The Morgan fingerprint density at radius 3 is 2.31 bits per heavy atom. The van der Waals surface area contributed by atoms with E-state index in [0.717, 1.165) is 18.8 Å². The molecule has 0 fully saturated rings. The van der Waals surface area contributed by atoms with Crippen molar-refractivity contribution in [2.75, 3.05) is 13.2 Å². The van der Waals surface area contributed by atoms with Crippen LogP contribution in [-0.4, -0.2) is 13.2 Å². The minimum absolute atomic E-state index is 0. The highest BCUT2D eigenvalue weighted by atomic mass is 35.5. The van der Waals surface area contributed by atoms with Gasteiger partial charge in [0.2, 0.25) is 0 Å². The zero-order valence-corrected chi connectivity index (χ0v) is 8.64. The van der Waals surface area contributed by atoms with E-state index in [1.54, 1.807) is 0 Å². The molecule has 0 saturated carbocycles. The molecule has 0 unspecified atom stereocenters. The molecule has 3 heteroatoms. The topological polar surface area (TPSA) is 35.2 Å². The Hall–Kier alpha value is -0.730. The van der Waals surface area contributed by atoms with Gasteiger partial charge in [0.1, 0.15) is 5.75 Å². The van der Waals surface area contributed by atoms with E-state index in [2.05, 4.69) is 12.1 Å². The summed E-state index contributed by atoms with van der Waals surface area (Å²) >= 11 is 0. The minimum atomic E-state index is 0. The molecule has 1 aromatic carbocycles. The third kappa shape index (κ3) is 4.15. The van der Waals surface area contributed by atoms with E-state index in [1.807, 2.05) is 19.1 Å². The van der Waals surface area contributed by atoms with Crippen LogP contribution >= 0.6 is 12.4 Å². The summed E-state index contributed by atoms with van der Waals surface area (Å²) in [6.07, 6.45) is 0.937. The first kappa shape index (κ1) is 12.3. The van der Waals surface area contributed by atoms with Crippen molar-refractivity contribution in [2.24, 2.45) is 5.73 Å². The van der Waals surface area contributed by atoms with Crippen LogP contribution in [0.2, 0.25) is 0 Å². The zero-order valence-electron chi connectivity index (χ0n) is 7.82. The van der Waals surface area contributed by atoms with Gasteiger partial charge in [0, 0.05) is 0 Å². The molecule has 0 saturated heterocycles. The fraction of sp³-hybridized carbons (Fsp3) is 0.400. The molecule has 0 spiro atoms. The summed E-state index contributed by atoms with van der Waals surface area (Å²) in [7, 11) is 0. The van der Waals surface area contributed by atoms with Crippen molar-refractivity contribution in [3.8, 4) is 5.75 Å². The van der Waals surface area contributed by atoms with Crippen LogP contribution in [0, 0.1) is 0 Å². The second kappa shape index (κ2) is 6.75. The van der Waals surface area contributed by atoms with E-state index >= 15 is 0 Å². The van der Waals surface area contributed by atoms with Crippen LogP contribution in [0.4, 0.5) is 0 Å². The monoisotopic (exact) mass is 201 g/mol. The number of hydrogen-bond acceptors (Lipinski definition) is 2. The molecule has 13 heavy (non-hydrogen) atoms. The Morgan fingerprint density at radius 1 is 1.23 bits per heavy atom. The van der Waals surface area contributed by atoms with Crippen LogP contribution in [0.15, 0.2) is 24.3 Å². The van der Waals surface area contributed by atoms with Crippen molar-refractivity contribution in [3.63, 3.8) is 0 Å². The Bertz CT molecular complexity index is 198. The van der Waals surface area contributed by atoms with Crippen molar-refractivity contribution >= 4 is 12.4 Å². The van der Waals surface area contributed by atoms with Crippen LogP contribution in [-0.2, 0) is 6.42 Å². The lowest BCUT2D eigenvalue weighted by Crippen LogP contribution is -2.02. The van der Waals surface area contributed by atoms with Gasteiger partial charge in [-0.1, -0.05) is 12.1 Å². The predicted octanol–water partition coefficient (Wildman–Crippen LogP) is 2.01. The number of hydrogen-bond donors (Lipinski definition) is 1. The van der Waals surface area contributed by atoms with Crippen LogP contribution in [0.1, 0.15) is 12.5 Å². The lowest BCUT2D eigenvalue weighted by molar-refractivity contribution is 0.340. The maximum absolute atomic E-state index is 5.43. The maximum Gasteiger partial charge on any atom is 0.119 e. The SMILES string of the molecule is CCOc1ccc(CCN)cc1.Cl. The summed E-state index contributed by atoms with van der Waals surface area (Å²) < 4.78 is 5.31. The first-order valence-corrected chi connectivity index (χ1v) is 4.28. The zero-order chi connectivity index (χ0) is 8.81. The van der Waals surface area contributed by atoms with Crippen LogP contribution < -0.4 is 10.5 Å². The minimum Gasteiger partial charge on any atom is -0.494 e. The van der Waals surface area contributed by atoms with Gasteiger partial charge < -0.3 is 10.5 Å². The Balaban J connectivity index is 0.00000144. The van der Waals surface area contributed by atoms with Gasteiger partial charge in [-0.3, -0.25) is 0 Å². The summed E-state index contributed by atoms with van der Waals surface area (Å²) in [4.78, 5) is 0. The van der Waals surface area contributed by atoms with E-state index in [4.69, 9.17) is 10.5 Å². The highest BCUT2D eigenvalue weighted by molar-refractivity contribution is 5.85. The van der Waals surface area contributed by atoms with Crippen LogP contribution in [0.3, 0.4) is 0 Å². The second-order valence-electron chi connectivity index (χ2n) is 2.62. The standard InChI is InChI=1S/C10H15NO.ClH/c1-2-12-10-5-3-9(4-6-10)7-8-11;/h3-6H,2,7-8,11H2,1H3;1H. The fourth-order valence-corrected chi connectivity index (χ4v) is 1.09. The Labute approximate surface area is 85.5 Å². The highest BCUT2D eigenvalue weighted by Gasteiger charge is 1.92. The van der Waals surface area contributed by atoms with Gasteiger partial charge in [-0.2, -0.15) is 0 Å². The fourth-order valence-electron chi connectivity index (χ4n) is 1.09. The molecule has 74 valence electrons. The number of nitrogens with two attached hydrogens (primary N) is 1. The quantitative estimate of drug-likeness (QED) is 0.809. The summed E-state index contributed by atoms with van der Waals surface area (Å²) in [6, 6.07) is 8.07. The van der Waals surface area contributed by atoms with Gasteiger partial charge in [0.15, 0.2) is 0 Å². The van der Waals surface area contributed by atoms with Crippen molar-refractivity contribution in [3.05, 3.63) is 29.8 Å². The Morgan fingerprint density at radius 2 is 1.85 bits per heavy atom. The molecule has 0 heterocycles. The molecule has 0 aliphatic heterocycles. The summed E-state index contributed by atoms with van der Waals surface area (Å²) in [5.74, 6) is 0.929. The van der Waals surface area contributed by atoms with Crippen molar-refractivity contribution in [1.29, 1.82) is 0 Å². The summed E-state index contributed by atoms with van der Waals surface area (Å²) in [5, 5.41) is 0. The summed E-state index contributed by atoms with van der Waals surface area (Å²) in [5.41, 5.74) is 6.69. The van der Waals surface area contributed by atoms with Gasteiger partial charge in [0.05, 0.1) is 6.61 Å². The molecule has 0 aliphatic carbocycles. The third-order valence-corrected chi connectivity index (χ3v) is 1.67. The van der Waals surface area contributed by atoms with Gasteiger partial charge in [-0.05, 0) is 37.6 Å². The normalized spacial score (nSPS) is 9.08. The number of rotatable bonds is 4. The largest absolute Gasteiger partial charge is 0.494 e. The molecular weight excluding hydrogens is 186 g/mol. The molecule has 0 radical (unpaired) electrons. The molecule has 1 rings (SSSR count). The molecule has 0 aliphatic rings. The number of halogens is 1. The maximum atomic E-state index is 5.43. The van der Waals surface area contributed by atoms with Gasteiger partial charge >= 0.3 is 0 Å². The molecular formula is C10H16ClNO. The van der Waals surface area contributed by atoms with E-state index in [0.29, 0.717) is 6.54 Å². The molecule has 2 N–H and O–H groups in total. The molecule has 1 aromatic rings. The lowest BCUT2D eigenvalue weighted by atomic mass is 10.1. The third-order valence-electron chi connectivity index (χ3n) is 1.67. The molecule has 0 bridgehead atoms. The second-order valence-corrected chi connectivity index (χ2v) is 2.62. The first-order chi connectivity index (χ1) is 5.86. The van der Waals surface area contributed by atoms with Crippen LogP contribution in [0.25, 0.3) is 0 Å². The van der Waals surface area contributed by atoms with E-state index in [-0.39, 0.29) is 12.4 Å². The lowest BCUT2D eigenvalue weighted by Gasteiger charge is -2.03. The average molecular weight is 202 g/mol. The van der Waals surface area contributed by atoms with Gasteiger partial charge in [0.25, 0.3) is 0 Å². The molecule has 0 aromatic heterocycles. The molecule has 2 nitrogen and oxygen atoms in total. The Kier molecular flexibility index (Phi) is 6.37. The van der Waals surface area contributed by atoms with Crippen molar-refractivity contribution in [2.45, 2.75) is 13.3 Å². The molecule has 0 atom stereocenters. The number of ether oxygens (including phenoxy) is 1. The van der Waals surface area contributed by atoms with Gasteiger partial charge in [-0.25, -0.2) is 0 Å². The summed E-state index contributed by atoms with van der Waals surface area (Å²) in [6.45, 7) is 3.40. The number of benzene rings is 1. The van der Waals surface area contributed by atoms with E-state index in [1.165, 1.54) is 5.56 Å². The highest BCUT2D eigenvalue weighted by Crippen LogP contribution is 2.11. The van der Waals surface area contributed by atoms with Gasteiger partial charge in [-0.15, -0.1) is 12.4 Å². The smallest absolute Gasteiger partial charge is 0.119 e. The molecule has 0 amide bonds. The van der Waals surface area contributed by atoms with E-state index in [9.17, 15) is 0 Å². The van der Waals surface area contributed by atoms with Crippen molar-refractivity contribution in [1.82, 2.24) is 0 Å². The first-order valence-electron chi connectivity index (χ1n) is 4.28.